The van der Waals surface area contributed by atoms with Crippen molar-refractivity contribution in [2.45, 2.75) is 13.5 Å². The summed E-state index contributed by atoms with van der Waals surface area (Å²) in [6, 6.07) is 5.14. The highest BCUT2D eigenvalue weighted by atomic mass is 35.5. The smallest absolute Gasteiger partial charge is 0.121 e. The summed E-state index contributed by atoms with van der Waals surface area (Å²) in [5.74, 6) is 0.253. The summed E-state index contributed by atoms with van der Waals surface area (Å²) < 4.78 is 0. The quantitative estimate of drug-likeness (QED) is 0.757. The molecule has 0 aliphatic carbocycles. The first-order chi connectivity index (χ1) is 5.74. The van der Waals surface area contributed by atoms with Crippen molar-refractivity contribution in [3.05, 3.63) is 28.8 Å². The van der Waals surface area contributed by atoms with E-state index in [4.69, 9.17) is 11.6 Å². The van der Waals surface area contributed by atoms with Crippen LogP contribution in [0.4, 0.5) is 0 Å². The van der Waals surface area contributed by atoms with E-state index in [1.165, 1.54) is 0 Å². The Labute approximate surface area is 77.2 Å². The molecule has 2 nitrogen and oxygen atoms in total. The number of rotatable bonds is 3. The number of phenols is 1. The van der Waals surface area contributed by atoms with Gasteiger partial charge in [-0.1, -0.05) is 24.6 Å². The standard InChI is InChI=1S/C9H12ClNO/c1-2-11-6-7-3-4-8(10)5-9(7)12/h3-5,11-12H,2,6H2,1H3. The number of benzene rings is 1. The summed E-state index contributed by atoms with van der Waals surface area (Å²) in [6.07, 6.45) is 0. The third-order valence-electron chi connectivity index (χ3n) is 1.61. The third-order valence-corrected chi connectivity index (χ3v) is 1.85. The largest absolute Gasteiger partial charge is 0.508 e. The van der Waals surface area contributed by atoms with Crippen LogP contribution in [0.2, 0.25) is 5.02 Å². The predicted octanol–water partition coefficient (Wildman–Crippen LogP) is 2.16. The molecule has 0 saturated carbocycles. The second kappa shape index (κ2) is 4.33. The van der Waals surface area contributed by atoms with Crippen LogP contribution in [-0.2, 0) is 6.54 Å². The maximum absolute atomic E-state index is 9.39. The van der Waals surface area contributed by atoms with Crippen molar-refractivity contribution in [2.75, 3.05) is 6.54 Å². The second-order valence-corrected chi connectivity index (χ2v) is 2.99. The number of hydrogen-bond acceptors (Lipinski definition) is 2. The Balaban J connectivity index is 2.72. The van der Waals surface area contributed by atoms with Gasteiger partial charge in [0, 0.05) is 17.1 Å². The van der Waals surface area contributed by atoms with E-state index in [1.54, 1.807) is 12.1 Å². The maximum atomic E-state index is 9.39. The van der Waals surface area contributed by atoms with Gasteiger partial charge in [-0.05, 0) is 18.7 Å². The van der Waals surface area contributed by atoms with Gasteiger partial charge in [0.05, 0.1) is 0 Å². The van der Waals surface area contributed by atoms with Crippen molar-refractivity contribution in [3.63, 3.8) is 0 Å². The van der Waals surface area contributed by atoms with Gasteiger partial charge in [0.1, 0.15) is 5.75 Å². The lowest BCUT2D eigenvalue weighted by molar-refractivity contribution is 0.465. The first kappa shape index (κ1) is 9.36. The molecule has 0 heterocycles. The average Bonchev–Trinajstić information content (AvgIpc) is 2.03. The fraction of sp³-hybridized carbons (Fsp3) is 0.333. The van der Waals surface area contributed by atoms with Gasteiger partial charge in [-0.25, -0.2) is 0 Å². The van der Waals surface area contributed by atoms with Crippen molar-refractivity contribution in [3.8, 4) is 5.75 Å². The van der Waals surface area contributed by atoms with Crippen LogP contribution in [0.25, 0.3) is 0 Å². The van der Waals surface area contributed by atoms with Gasteiger partial charge in [0.25, 0.3) is 0 Å². The molecule has 0 unspecified atom stereocenters. The molecule has 0 aliphatic rings. The summed E-state index contributed by atoms with van der Waals surface area (Å²) in [7, 11) is 0. The van der Waals surface area contributed by atoms with Gasteiger partial charge in [0.2, 0.25) is 0 Å². The zero-order valence-electron chi connectivity index (χ0n) is 6.97. The Morgan fingerprint density at radius 2 is 2.25 bits per heavy atom. The molecule has 1 aromatic rings. The van der Waals surface area contributed by atoms with Gasteiger partial charge >= 0.3 is 0 Å². The van der Waals surface area contributed by atoms with Crippen LogP contribution in [0.3, 0.4) is 0 Å². The van der Waals surface area contributed by atoms with Gasteiger partial charge in [-0.15, -0.1) is 0 Å². The molecule has 0 radical (unpaired) electrons. The predicted molar refractivity (Wildman–Crippen MR) is 50.5 cm³/mol. The molecular weight excluding hydrogens is 174 g/mol. The van der Waals surface area contributed by atoms with Gasteiger partial charge < -0.3 is 10.4 Å². The minimum Gasteiger partial charge on any atom is -0.508 e. The Morgan fingerprint density at radius 1 is 1.50 bits per heavy atom. The molecule has 1 rings (SSSR count). The monoisotopic (exact) mass is 185 g/mol. The molecule has 3 heteroatoms. The summed E-state index contributed by atoms with van der Waals surface area (Å²) in [5, 5.41) is 13.1. The fourth-order valence-electron chi connectivity index (χ4n) is 0.946. The summed E-state index contributed by atoms with van der Waals surface area (Å²) in [5.41, 5.74) is 0.876. The Kier molecular flexibility index (Phi) is 3.38. The maximum Gasteiger partial charge on any atom is 0.121 e. The Morgan fingerprint density at radius 3 is 2.83 bits per heavy atom. The lowest BCUT2D eigenvalue weighted by atomic mass is 10.2. The highest BCUT2D eigenvalue weighted by Crippen LogP contribution is 2.21. The van der Waals surface area contributed by atoms with Crippen LogP contribution < -0.4 is 5.32 Å². The molecule has 1 aromatic carbocycles. The van der Waals surface area contributed by atoms with Crippen LogP contribution in [0, 0.1) is 0 Å². The first-order valence-electron chi connectivity index (χ1n) is 3.92. The Hall–Kier alpha value is -0.730. The number of aromatic hydroxyl groups is 1. The normalized spacial score (nSPS) is 10.2. The van der Waals surface area contributed by atoms with E-state index >= 15 is 0 Å². The molecular formula is C9H12ClNO. The molecule has 0 saturated heterocycles. The van der Waals surface area contributed by atoms with E-state index in [0.717, 1.165) is 12.1 Å². The van der Waals surface area contributed by atoms with E-state index in [2.05, 4.69) is 5.32 Å². The van der Waals surface area contributed by atoms with E-state index < -0.39 is 0 Å². The number of hydrogen-bond donors (Lipinski definition) is 2. The Bertz CT molecular complexity index is 263. The molecule has 66 valence electrons. The van der Waals surface area contributed by atoms with E-state index in [0.29, 0.717) is 11.6 Å². The van der Waals surface area contributed by atoms with E-state index in [-0.39, 0.29) is 5.75 Å². The molecule has 12 heavy (non-hydrogen) atoms. The van der Waals surface area contributed by atoms with Crippen molar-refractivity contribution in [1.82, 2.24) is 5.32 Å². The van der Waals surface area contributed by atoms with E-state index in [1.807, 2.05) is 13.0 Å². The van der Waals surface area contributed by atoms with Crippen LogP contribution in [0.15, 0.2) is 18.2 Å². The second-order valence-electron chi connectivity index (χ2n) is 2.55. The highest BCUT2D eigenvalue weighted by Gasteiger charge is 1.99. The topological polar surface area (TPSA) is 32.3 Å². The fourth-order valence-corrected chi connectivity index (χ4v) is 1.11. The SMILES string of the molecule is CCNCc1ccc(Cl)cc1O. The number of phenolic OH excluding ortho intramolecular Hbond substituents is 1. The number of nitrogens with one attached hydrogen (secondary N) is 1. The minimum atomic E-state index is 0.253. The first-order valence-corrected chi connectivity index (χ1v) is 4.30. The molecule has 0 aromatic heterocycles. The van der Waals surface area contributed by atoms with E-state index in [9.17, 15) is 5.11 Å². The zero-order chi connectivity index (χ0) is 8.97. The van der Waals surface area contributed by atoms with Crippen LogP contribution in [0.1, 0.15) is 12.5 Å². The van der Waals surface area contributed by atoms with Gasteiger partial charge in [0.15, 0.2) is 0 Å². The summed E-state index contributed by atoms with van der Waals surface area (Å²) in [6.45, 7) is 3.59. The molecule has 0 spiro atoms. The number of halogens is 1. The van der Waals surface area contributed by atoms with Crippen molar-refractivity contribution in [2.24, 2.45) is 0 Å². The van der Waals surface area contributed by atoms with Gasteiger partial charge in [-0.3, -0.25) is 0 Å². The molecule has 2 N–H and O–H groups in total. The van der Waals surface area contributed by atoms with Crippen LogP contribution in [0.5, 0.6) is 5.75 Å². The average molecular weight is 186 g/mol. The molecule has 0 aliphatic heterocycles. The minimum absolute atomic E-state index is 0.253. The molecule has 0 bridgehead atoms. The molecule has 0 atom stereocenters. The lowest BCUT2D eigenvalue weighted by Crippen LogP contribution is -2.11. The van der Waals surface area contributed by atoms with Crippen molar-refractivity contribution >= 4 is 11.6 Å². The van der Waals surface area contributed by atoms with Crippen molar-refractivity contribution < 1.29 is 5.11 Å². The summed E-state index contributed by atoms with van der Waals surface area (Å²) >= 11 is 5.67. The molecule has 0 amide bonds. The summed E-state index contributed by atoms with van der Waals surface area (Å²) in [4.78, 5) is 0. The highest BCUT2D eigenvalue weighted by molar-refractivity contribution is 6.30. The zero-order valence-corrected chi connectivity index (χ0v) is 7.73. The van der Waals surface area contributed by atoms with Crippen LogP contribution >= 0.6 is 11.6 Å². The van der Waals surface area contributed by atoms with Crippen molar-refractivity contribution in [1.29, 1.82) is 0 Å². The van der Waals surface area contributed by atoms with Gasteiger partial charge in [-0.2, -0.15) is 0 Å². The lowest BCUT2D eigenvalue weighted by Gasteiger charge is -2.04. The third kappa shape index (κ3) is 2.40. The molecule has 0 fully saturated rings. The van der Waals surface area contributed by atoms with Crippen LogP contribution in [-0.4, -0.2) is 11.7 Å².